The number of rotatable bonds is 3. The van der Waals surface area contributed by atoms with Gasteiger partial charge in [0, 0.05) is 12.1 Å². The molecule has 3 heteroatoms. The first kappa shape index (κ1) is 11.8. The molecule has 3 nitrogen and oxygen atoms in total. The van der Waals surface area contributed by atoms with Crippen molar-refractivity contribution in [2.75, 3.05) is 16.8 Å². The van der Waals surface area contributed by atoms with Gasteiger partial charge in [0.05, 0.1) is 11.4 Å². The van der Waals surface area contributed by atoms with Gasteiger partial charge in [0.1, 0.15) is 6.67 Å². The summed E-state index contributed by atoms with van der Waals surface area (Å²) >= 11 is 0. The van der Waals surface area contributed by atoms with Crippen LogP contribution >= 0.6 is 0 Å². The average Bonchev–Trinajstić information content (AvgIpc) is 2.84. The zero-order chi connectivity index (χ0) is 12.4. The van der Waals surface area contributed by atoms with Crippen molar-refractivity contribution in [2.45, 2.75) is 44.7 Å². The highest BCUT2D eigenvalue weighted by Crippen LogP contribution is 2.37. The van der Waals surface area contributed by atoms with E-state index in [-0.39, 0.29) is 0 Å². The van der Waals surface area contributed by atoms with Crippen LogP contribution < -0.4 is 15.5 Å². The fraction of sp³-hybridized carbons (Fsp3) is 0.533. The average molecular weight is 244 g/mol. The molecule has 0 saturated heterocycles. The van der Waals surface area contributed by atoms with Crippen molar-refractivity contribution in [3.63, 3.8) is 0 Å². The standard InChI is InChI=1S/C15H22N3/c1-2-16-12-7-9-13(10-8-12)18-11-17-14-5-3-4-6-15(14)18/h3-6,11-13,16-17H,2,7-10H2,1H3. The van der Waals surface area contributed by atoms with E-state index in [1.54, 1.807) is 0 Å². The fourth-order valence-corrected chi connectivity index (χ4v) is 3.18. The number of nitrogens with zero attached hydrogens (tertiary/aromatic N) is 1. The Labute approximate surface area is 110 Å². The molecular weight excluding hydrogens is 222 g/mol. The van der Waals surface area contributed by atoms with Crippen LogP contribution in [0.1, 0.15) is 32.6 Å². The van der Waals surface area contributed by atoms with E-state index in [0.717, 1.165) is 12.6 Å². The van der Waals surface area contributed by atoms with E-state index in [1.165, 1.54) is 37.1 Å². The fourth-order valence-electron chi connectivity index (χ4n) is 3.18. The second-order valence-corrected chi connectivity index (χ2v) is 5.26. The normalized spacial score (nSPS) is 26.8. The van der Waals surface area contributed by atoms with Gasteiger partial charge in [0.15, 0.2) is 0 Å². The van der Waals surface area contributed by atoms with Crippen molar-refractivity contribution in [3.8, 4) is 0 Å². The lowest BCUT2D eigenvalue weighted by atomic mass is 9.90. The molecule has 0 amide bonds. The van der Waals surface area contributed by atoms with Gasteiger partial charge in [-0.25, -0.2) is 0 Å². The molecule has 1 heterocycles. The van der Waals surface area contributed by atoms with E-state index in [0.29, 0.717) is 6.04 Å². The van der Waals surface area contributed by atoms with Crippen LogP contribution in [0.3, 0.4) is 0 Å². The van der Waals surface area contributed by atoms with Crippen LogP contribution in [0, 0.1) is 6.67 Å². The highest BCUT2D eigenvalue weighted by Gasteiger charge is 2.29. The predicted molar refractivity (Wildman–Crippen MR) is 76.6 cm³/mol. The number of benzene rings is 1. The largest absolute Gasteiger partial charge is 0.360 e. The minimum Gasteiger partial charge on any atom is -0.360 e. The summed E-state index contributed by atoms with van der Waals surface area (Å²) in [4.78, 5) is 2.43. The Balaban J connectivity index is 1.64. The maximum Gasteiger partial charge on any atom is 0.139 e. The summed E-state index contributed by atoms with van der Waals surface area (Å²) in [5.41, 5.74) is 2.58. The summed E-state index contributed by atoms with van der Waals surface area (Å²) in [5.74, 6) is 0. The van der Waals surface area contributed by atoms with Crippen LogP contribution in [0.4, 0.5) is 11.4 Å². The Morgan fingerprint density at radius 2 is 2.00 bits per heavy atom. The molecule has 1 aromatic rings. The first-order valence-electron chi connectivity index (χ1n) is 7.09. The Morgan fingerprint density at radius 1 is 1.22 bits per heavy atom. The highest BCUT2D eigenvalue weighted by molar-refractivity contribution is 5.77. The summed E-state index contributed by atoms with van der Waals surface area (Å²) in [6.45, 7) is 5.43. The minimum absolute atomic E-state index is 0.663. The van der Waals surface area contributed by atoms with Gasteiger partial charge in [-0.3, -0.25) is 0 Å². The smallest absolute Gasteiger partial charge is 0.139 e. The molecule has 18 heavy (non-hydrogen) atoms. The van der Waals surface area contributed by atoms with Gasteiger partial charge in [0.25, 0.3) is 0 Å². The molecule has 1 aliphatic carbocycles. The summed E-state index contributed by atoms with van der Waals surface area (Å²) in [7, 11) is 0. The molecule has 2 N–H and O–H groups in total. The topological polar surface area (TPSA) is 27.3 Å². The van der Waals surface area contributed by atoms with Gasteiger partial charge < -0.3 is 15.5 Å². The Kier molecular flexibility index (Phi) is 3.41. The maximum atomic E-state index is 3.57. The second kappa shape index (κ2) is 5.19. The summed E-state index contributed by atoms with van der Waals surface area (Å²) in [6.07, 6.45) is 5.16. The number of para-hydroxylation sites is 2. The van der Waals surface area contributed by atoms with Crippen LogP contribution in [0.2, 0.25) is 0 Å². The molecular formula is C15H22N3. The zero-order valence-electron chi connectivity index (χ0n) is 11.0. The monoisotopic (exact) mass is 244 g/mol. The number of fused-ring (bicyclic) bond motifs is 1. The summed E-state index contributed by atoms with van der Waals surface area (Å²) in [5, 5.41) is 6.94. The van der Waals surface area contributed by atoms with Gasteiger partial charge >= 0.3 is 0 Å². The molecule has 1 fully saturated rings. The van der Waals surface area contributed by atoms with E-state index < -0.39 is 0 Å². The summed E-state index contributed by atoms with van der Waals surface area (Å²) < 4.78 is 0. The number of hydrogen-bond acceptors (Lipinski definition) is 3. The van der Waals surface area contributed by atoms with Crippen LogP contribution in [0.25, 0.3) is 0 Å². The molecule has 0 unspecified atom stereocenters. The van der Waals surface area contributed by atoms with E-state index in [4.69, 9.17) is 0 Å². The van der Waals surface area contributed by atoms with Gasteiger partial charge in [-0.15, -0.1) is 0 Å². The van der Waals surface area contributed by atoms with Gasteiger partial charge in [-0.1, -0.05) is 19.1 Å². The molecule has 97 valence electrons. The van der Waals surface area contributed by atoms with Crippen molar-refractivity contribution in [1.29, 1.82) is 0 Å². The van der Waals surface area contributed by atoms with Gasteiger partial charge in [-0.05, 0) is 44.4 Å². The third kappa shape index (κ3) is 2.19. The van der Waals surface area contributed by atoms with Crippen LogP contribution in [0.15, 0.2) is 24.3 Å². The van der Waals surface area contributed by atoms with Gasteiger partial charge in [0.2, 0.25) is 0 Å². The number of nitrogens with one attached hydrogen (secondary N) is 2. The SMILES string of the molecule is CCNC1CCC(N2[CH]Nc3ccccc32)CC1. The molecule has 2 aliphatic rings. The molecule has 1 aliphatic heterocycles. The molecule has 0 spiro atoms. The predicted octanol–water partition coefficient (Wildman–Crippen LogP) is 2.96. The van der Waals surface area contributed by atoms with Crippen LogP contribution in [0.5, 0.6) is 0 Å². The third-order valence-corrected chi connectivity index (χ3v) is 4.12. The number of anilines is 2. The zero-order valence-corrected chi connectivity index (χ0v) is 11.0. The van der Waals surface area contributed by atoms with Crippen molar-refractivity contribution in [2.24, 2.45) is 0 Å². The molecule has 1 radical (unpaired) electrons. The van der Waals surface area contributed by atoms with Crippen molar-refractivity contribution < 1.29 is 0 Å². The summed E-state index contributed by atoms with van der Waals surface area (Å²) in [6, 6.07) is 9.97. The molecule has 0 aromatic heterocycles. The Hall–Kier alpha value is -1.22. The lowest BCUT2D eigenvalue weighted by molar-refractivity contribution is 0.343. The van der Waals surface area contributed by atoms with E-state index in [9.17, 15) is 0 Å². The van der Waals surface area contributed by atoms with Gasteiger partial charge in [-0.2, -0.15) is 0 Å². The minimum atomic E-state index is 0.663. The quantitative estimate of drug-likeness (QED) is 0.856. The Bertz CT molecular complexity index is 396. The third-order valence-electron chi connectivity index (χ3n) is 4.12. The van der Waals surface area contributed by atoms with Crippen molar-refractivity contribution in [3.05, 3.63) is 30.9 Å². The van der Waals surface area contributed by atoms with E-state index >= 15 is 0 Å². The van der Waals surface area contributed by atoms with E-state index in [2.05, 4.69) is 53.4 Å². The molecule has 0 atom stereocenters. The Morgan fingerprint density at radius 3 is 2.78 bits per heavy atom. The molecule has 3 rings (SSSR count). The van der Waals surface area contributed by atoms with Crippen LogP contribution in [-0.4, -0.2) is 18.6 Å². The lowest BCUT2D eigenvalue weighted by Gasteiger charge is -2.35. The lowest BCUT2D eigenvalue weighted by Crippen LogP contribution is -2.40. The van der Waals surface area contributed by atoms with Crippen molar-refractivity contribution >= 4 is 11.4 Å². The van der Waals surface area contributed by atoms with Crippen molar-refractivity contribution in [1.82, 2.24) is 5.32 Å². The highest BCUT2D eigenvalue weighted by atomic mass is 15.3. The van der Waals surface area contributed by atoms with Crippen LogP contribution in [-0.2, 0) is 0 Å². The van der Waals surface area contributed by atoms with E-state index in [1.807, 2.05) is 0 Å². The maximum absolute atomic E-state index is 3.57. The second-order valence-electron chi connectivity index (χ2n) is 5.26. The number of hydrogen-bond donors (Lipinski definition) is 2. The molecule has 1 aromatic carbocycles. The molecule has 1 saturated carbocycles. The first-order valence-corrected chi connectivity index (χ1v) is 7.09. The molecule has 0 bridgehead atoms. The first-order chi connectivity index (χ1) is 8.88.